The first-order valence-electron chi connectivity index (χ1n) is 5.30. The number of ether oxygens (including phenoxy) is 2. The first-order chi connectivity index (χ1) is 7.95. The molecule has 0 bridgehead atoms. The van der Waals surface area contributed by atoms with E-state index in [9.17, 15) is 9.90 Å². The fraction of sp³-hybridized carbons (Fsp3) is 0.417. The zero-order chi connectivity index (χ0) is 13.0. The Kier molecular flexibility index (Phi) is 4.81. The van der Waals surface area contributed by atoms with Gasteiger partial charge in [-0.05, 0) is 48.8 Å². The Balaban J connectivity index is 3.22. The molecule has 0 aliphatic rings. The smallest absolute Gasteiger partial charge is 0.175 e. The van der Waals surface area contributed by atoms with Crippen LogP contribution in [0.5, 0.6) is 11.5 Å². The van der Waals surface area contributed by atoms with Crippen molar-refractivity contribution < 1.29 is 19.4 Å². The molecule has 0 N–H and O–H groups in total. The quantitative estimate of drug-likeness (QED) is 0.834. The molecule has 0 aromatic heterocycles. The largest absolute Gasteiger partial charge is 0.545 e. The molecule has 0 heterocycles. The predicted molar refractivity (Wildman–Crippen MR) is 65.4 cm³/mol. The number of carboxylic acids is 1. The van der Waals surface area contributed by atoms with Gasteiger partial charge in [-0.25, -0.2) is 0 Å². The highest BCUT2D eigenvalue weighted by Crippen LogP contribution is 2.37. The lowest BCUT2D eigenvalue weighted by molar-refractivity contribution is -0.255. The van der Waals surface area contributed by atoms with Gasteiger partial charge in [-0.15, -0.1) is 0 Å². The lowest BCUT2D eigenvalue weighted by atomic mass is 10.2. The highest BCUT2D eigenvalue weighted by Gasteiger charge is 2.13. The van der Waals surface area contributed by atoms with Crippen LogP contribution in [0, 0.1) is 0 Å². The van der Waals surface area contributed by atoms with Gasteiger partial charge in [0.25, 0.3) is 0 Å². The summed E-state index contributed by atoms with van der Waals surface area (Å²) in [4.78, 5) is 10.8. The molecular formula is C12H14BrO4-. The van der Waals surface area contributed by atoms with Crippen LogP contribution in [-0.4, -0.2) is 18.7 Å². The second kappa shape index (κ2) is 5.91. The normalized spacial score (nSPS) is 10.4. The molecule has 17 heavy (non-hydrogen) atoms. The highest BCUT2D eigenvalue weighted by molar-refractivity contribution is 9.10. The van der Waals surface area contributed by atoms with Crippen molar-refractivity contribution in [2.24, 2.45) is 0 Å². The van der Waals surface area contributed by atoms with E-state index in [-0.39, 0.29) is 11.7 Å². The molecule has 0 aliphatic carbocycles. The van der Waals surface area contributed by atoms with Gasteiger partial charge in [-0.1, -0.05) is 0 Å². The third-order valence-electron chi connectivity index (χ3n) is 1.90. The van der Waals surface area contributed by atoms with E-state index in [0.717, 1.165) is 0 Å². The SMILES string of the molecule is CCOc1cc(C(=O)[O-])cc(Br)c1OC(C)C. The molecule has 0 saturated carbocycles. The van der Waals surface area contributed by atoms with E-state index in [1.165, 1.54) is 12.1 Å². The monoisotopic (exact) mass is 301 g/mol. The third kappa shape index (κ3) is 3.63. The van der Waals surface area contributed by atoms with E-state index >= 15 is 0 Å². The molecule has 0 aliphatic heterocycles. The van der Waals surface area contributed by atoms with Crippen molar-refractivity contribution in [2.75, 3.05) is 6.61 Å². The summed E-state index contributed by atoms with van der Waals surface area (Å²) in [5, 5.41) is 10.8. The van der Waals surface area contributed by atoms with Crippen molar-refractivity contribution >= 4 is 21.9 Å². The van der Waals surface area contributed by atoms with Gasteiger partial charge in [-0.2, -0.15) is 0 Å². The number of carboxylic acid groups (broad SMARTS) is 1. The summed E-state index contributed by atoms with van der Waals surface area (Å²) < 4.78 is 11.5. The number of hydrogen-bond acceptors (Lipinski definition) is 4. The van der Waals surface area contributed by atoms with Crippen molar-refractivity contribution in [3.8, 4) is 11.5 Å². The summed E-state index contributed by atoms with van der Waals surface area (Å²) in [7, 11) is 0. The average molecular weight is 302 g/mol. The number of rotatable bonds is 5. The summed E-state index contributed by atoms with van der Waals surface area (Å²) in [6, 6.07) is 2.84. The first kappa shape index (κ1) is 13.8. The second-order valence-corrected chi connectivity index (χ2v) is 4.53. The van der Waals surface area contributed by atoms with Crippen LogP contribution in [0.3, 0.4) is 0 Å². The van der Waals surface area contributed by atoms with E-state index in [1.807, 2.05) is 20.8 Å². The number of halogens is 1. The molecule has 0 amide bonds. The van der Waals surface area contributed by atoms with E-state index in [2.05, 4.69) is 15.9 Å². The molecule has 94 valence electrons. The van der Waals surface area contributed by atoms with Crippen LogP contribution >= 0.6 is 15.9 Å². The van der Waals surface area contributed by atoms with E-state index in [1.54, 1.807) is 0 Å². The number of carbonyl (C=O) groups is 1. The minimum atomic E-state index is -1.25. The Morgan fingerprint density at radius 3 is 2.59 bits per heavy atom. The fourth-order valence-electron chi connectivity index (χ4n) is 1.30. The Labute approximate surface area is 109 Å². The predicted octanol–water partition coefficient (Wildman–Crippen LogP) is 2.00. The van der Waals surface area contributed by atoms with Crippen LogP contribution < -0.4 is 14.6 Å². The van der Waals surface area contributed by atoms with Gasteiger partial charge < -0.3 is 19.4 Å². The van der Waals surface area contributed by atoms with Gasteiger partial charge in [-0.3, -0.25) is 0 Å². The Morgan fingerprint density at radius 2 is 2.12 bits per heavy atom. The van der Waals surface area contributed by atoms with E-state index < -0.39 is 5.97 Å². The maximum Gasteiger partial charge on any atom is 0.175 e. The number of aromatic carboxylic acids is 1. The van der Waals surface area contributed by atoms with Crippen LogP contribution in [0.2, 0.25) is 0 Å². The molecule has 1 rings (SSSR count). The zero-order valence-electron chi connectivity index (χ0n) is 9.95. The molecular weight excluding hydrogens is 288 g/mol. The molecule has 0 fully saturated rings. The van der Waals surface area contributed by atoms with Crippen molar-refractivity contribution in [2.45, 2.75) is 26.9 Å². The summed E-state index contributed by atoms with van der Waals surface area (Å²) in [6.45, 7) is 6.01. The molecule has 0 atom stereocenters. The summed E-state index contributed by atoms with van der Waals surface area (Å²) in [5.74, 6) is -0.343. The van der Waals surface area contributed by atoms with Crippen molar-refractivity contribution in [3.05, 3.63) is 22.2 Å². The van der Waals surface area contributed by atoms with E-state index in [4.69, 9.17) is 9.47 Å². The average Bonchev–Trinajstić information content (AvgIpc) is 2.22. The second-order valence-electron chi connectivity index (χ2n) is 3.67. The molecule has 5 heteroatoms. The van der Waals surface area contributed by atoms with Crippen LogP contribution in [0.1, 0.15) is 31.1 Å². The lowest BCUT2D eigenvalue weighted by Gasteiger charge is -2.17. The van der Waals surface area contributed by atoms with Gasteiger partial charge in [0.2, 0.25) is 0 Å². The van der Waals surface area contributed by atoms with Gasteiger partial charge in [0, 0.05) is 5.56 Å². The topological polar surface area (TPSA) is 58.6 Å². The van der Waals surface area contributed by atoms with Gasteiger partial charge in [0.05, 0.1) is 23.2 Å². The molecule has 0 radical (unpaired) electrons. The number of benzene rings is 1. The molecule has 1 aromatic rings. The minimum Gasteiger partial charge on any atom is -0.545 e. The molecule has 1 aromatic carbocycles. The van der Waals surface area contributed by atoms with E-state index in [0.29, 0.717) is 22.6 Å². The van der Waals surface area contributed by atoms with Crippen LogP contribution in [0.15, 0.2) is 16.6 Å². The maximum atomic E-state index is 10.8. The molecule has 4 nitrogen and oxygen atoms in total. The van der Waals surface area contributed by atoms with Crippen molar-refractivity contribution in [1.82, 2.24) is 0 Å². The minimum absolute atomic E-state index is 0.0284. The third-order valence-corrected chi connectivity index (χ3v) is 2.49. The lowest BCUT2D eigenvalue weighted by Crippen LogP contribution is -2.22. The molecule has 0 saturated heterocycles. The van der Waals surface area contributed by atoms with Gasteiger partial charge >= 0.3 is 0 Å². The summed E-state index contributed by atoms with van der Waals surface area (Å²) >= 11 is 3.27. The van der Waals surface area contributed by atoms with Crippen molar-refractivity contribution in [3.63, 3.8) is 0 Å². The van der Waals surface area contributed by atoms with Gasteiger partial charge in [0.1, 0.15) is 0 Å². The summed E-state index contributed by atoms with van der Waals surface area (Å²) in [6.07, 6.45) is -0.0284. The Morgan fingerprint density at radius 1 is 1.47 bits per heavy atom. The van der Waals surface area contributed by atoms with Crippen LogP contribution in [-0.2, 0) is 0 Å². The fourth-order valence-corrected chi connectivity index (χ4v) is 1.83. The van der Waals surface area contributed by atoms with Gasteiger partial charge in [0.15, 0.2) is 11.5 Å². The highest BCUT2D eigenvalue weighted by atomic mass is 79.9. The molecule has 0 spiro atoms. The first-order valence-corrected chi connectivity index (χ1v) is 6.09. The summed E-state index contributed by atoms with van der Waals surface area (Å²) in [5.41, 5.74) is 0.0523. The zero-order valence-corrected chi connectivity index (χ0v) is 11.5. The van der Waals surface area contributed by atoms with Crippen molar-refractivity contribution in [1.29, 1.82) is 0 Å². The maximum absolute atomic E-state index is 10.8. The van der Waals surface area contributed by atoms with Crippen LogP contribution in [0.4, 0.5) is 0 Å². The Hall–Kier alpha value is -1.23. The standard InChI is InChI=1S/C12H15BrO4/c1-4-16-10-6-8(12(14)15)5-9(13)11(10)17-7(2)3/h5-7H,4H2,1-3H3,(H,14,15)/p-1. The number of hydrogen-bond donors (Lipinski definition) is 0. The molecule has 0 unspecified atom stereocenters. The van der Waals surface area contributed by atoms with Crippen LogP contribution in [0.25, 0.3) is 0 Å². The number of carbonyl (C=O) groups excluding carboxylic acids is 1. The Bertz CT molecular complexity index is 415.